The zero-order valence-corrected chi connectivity index (χ0v) is 13.2. The highest BCUT2D eigenvalue weighted by Gasteiger charge is 2.23. The highest BCUT2D eigenvalue weighted by Crippen LogP contribution is 2.19. The summed E-state index contributed by atoms with van der Waals surface area (Å²) in [5, 5.41) is 3.33. The van der Waals surface area contributed by atoms with Crippen LogP contribution in [0, 0.1) is 6.92 Å². The topological polar surface area (TPSA) is 44.3 Å². The fourth-order valence-electron chi connectivity index (χ4n) is 2.62. The van der Waals surface area contributed by atoms with Crippen molar-refractivity contribution >= 4 is 5.95 Å². The van der Waals surface area contributed by atoms with Gasteiger partial charge in [0, 0.05) is 43.1 Å². The molecule has 1 aliphatic rings. The molecule has 1 atom stereocenters. The molecule has 0 saturated carbocycles. The molecule has 1 N–H and O–H groups in total. The first-order valence-corrected chi connectivity index (χ1v) is 7.56. The van der Waals surface area contributed by atoms with Crippen molar-refractivity contribution in [2.45, 2.75) is 39.3 Å². The number of nitrogens with zero attached hydrogens (tertiary/aromatic N) is 4. The lowest BCUT2D eigenvalue weighted by molar-refractivity contribution is 0.257. The van der Waals surface area contributed by atoms with Gasteiger partial charge in [-0.3, -0.25) is 0 Å². The molecule has 0 spiro atoms. The smallest absolute Gasteiger partial charge is 0.225 e. The Labute approximate surface area is 122 Å². The molecule has 112 valence electrons. The lowest BCUT2D eigenvalue weighted by atomic mass is 10.1. The molecule has 1 fully saturated rings. The molecular formula is C15H27N5. The molecule has 20 heavy (non-hydrogen) atoms. The number of aryl methyl sites for hydroxylation is 1. The van der Waals surface area contributed by atoms with Crippen LogP contribution < -0.4 is 10.2 Å². The van der Waals surface area contributed by atoms with E-state index in [2.05, 4.69) is 48.0 Å². The van der Waals surface area contributed by atoms with Crippen LogP contribution in [0.5, 0.6) is 0 Å². The summed E-state index contributed by atoms with van der Waals surface area (Å²) in [6.07, 6.45) is 4.45. The number of likely N-dealkylation sites (N-methyl/N-ethyl adjacent to an activating group) is 1. The summed E-state index contributed by atoms with van der Waals surface area (Å²) in [6, 6.07) is 0.606. The van der Waals surface area contributed by atoms with E-state index >= 15 is 0 Å². The van der Waals surface area contributed by atoms with Crippen molar-refractivity contribution in [3.05, 3.63) is 17.5 Å². The van der Waals surface area contributed by atoms with Gasteiger partial charge in [-0.25, -0.2) is 9.97 Å². The summed E-state index contributed by atoms with van der Waals surface area (Å²) in [4.78, 5) is 13.9. The Balaban J connectivity index is 2.07. The van der Waals surface area contributed by atoms with Gasteiger partial charge in [0.1, 0.15) is 0 Å². The fourth-order valence-corrected chi connectivity index (χ4v) is 2.62. The maximum atomic E-state index is 4.70. The normalized spacial score (nSPS) is 19.6. The van der Waals surface area contributed by atoms with E-state index in [1.54, 1.807) is 0 Å². The average Bonchev–Trinajstić information content (AvgIpc) is 2.46. The largest absolute Gasteiger partial charge is 0.339 e. The quantitative estimate of drug-likeness (QED) is 0.882. The zero-order valence-electron chi connectivity index (χ0n) is 13.2. The maximum Gasteiger partial charge on any atom is 0.225 e. The van der Waals surface area contributed by atoms with Gasteiger partial charge >= 0.3 is 0 Å². The minimum atomic E-state index is 0.606. The first-order valence-electron chi connectivity index (χ1n) is 7.56. The van der Waals surface area contributed by atoms with Gasteiger partial charge in [-0.05, 0) is 40.4 Å². The van der Waals surface area contributed by atoms with Crippen molar-refractivity contribution < 1.29 is 0 Å². The molecule has 5 nitrogen and oxygen atoms in total. The van der Waals surface area contributed by atoms with Crippen LogP contribution in [0.15, 0.2) is 6.20 Å². The van der Waals surface area contributed by atoms with Crippen LogP contribution in [0.4, 0.5) is 5.95 Å². The first kappa shape index (κ1) is 15.2. The number of nitrogens with one attached hydrogen (secondary N) is 1. The van der Waals surface area contributed by atoms with E-state index in [1.165, 1.54) is 18.4 Å². The number of hydrogen-bond donors (Lipinski definition) is 1. The van der Waals surface area contributed by atoms with Crippen molar-refractivity contribution in [3.63, 3.8) is 0 Å². The third kappa shape index (κ3) is 3.67. The maximum absolute atomic E-state index is 4.70. The SMILES string of the molecule is CCNCc1cnc(N2CCCC(N(C)C)C2)nc1C. The van der Waals surface area contributed by atoms with E-state index in [0.29, 0.717) is 6.04 Å². The molecule has 1 aromatic heterocycles. The minimum Gasteiger partial charge on any atom is -0.339 e. The van der Waals surface area contributed by atoms with E-state index in [1.807, 2.05) is 6.20 Å². The lowest BCUT2D eigenvalue weighted by Crippen LogP contribution is -2.45. The highest BCUT2D eigenvalue weighted by molar-refractivity contribution is 5.34. The summed E-state index contributed by atoms with van der Waals surface area (Å²) in [7, 11) is 4.31. The van der Waals surface area contributed by atoms with Crippen molar-refractivity contribution in [3.8, 4) is 0 Å². The number of piperidine rings is 1. The first-order chi connectivity index (χ1) is 9.61. The Morgan fingerprint density at radius 2 is 2.25 bits per heavy atom. The van der Waals surface area contributed by atoms with E-state index in [0.717, 1.165) is 37.8 Å². The Morgan fingerprint density at radius 1 is 1.45 bits per heavy atom. The van der Waals surface area contributed by atoms with E-state index in [4.69, 9.17) is 4.98 Å². The molecule has 2 rings (SSSR count). The van der Waals surface area contributed by atoms with E-state index < -0.39 is 0 Å². The molecule has 0 amide bonds. The summed E-state index contributed by atoms with van der Waals surface area (Å²) in [5.74, 6) is 0.884. The van der Waals surface area contributed by atoms with Gasteiger partial charge < -0.3 is 15.1 Å². The molecule has 0 aromatic carbocycles. The molecule has 1 saturated heterocycles. The van der Waals surface area contributed by atoms with Crippen molar-refractivity contribution in [2.24, 2.45) is 0 Å². The molecular weight excluding hydrogens is 250 g/mol. The van der Waals surface area contributed by atoms with Crippen LogP contribution in [0.1, 0.15) is 31.0 Å². The van der Waals surface area contributed by atoms with Crippen LogP contribution in [0.3, 0.4) is 0 Å². The zero-order chi connectivity index (χ0) is 14.5. The predicted molar refractivity (Wildman–Crippen MR) is 83.1 cm³/mol. The number of anilines is 1. The standard InChI is InChI=1S/C15H27N5/c1-5-16-9-13-10-17-15(18-12(13)2)20-8-6-7-14(11-20)19(3)4/h10,14,16H,5-9,11H2,1-4H3. The summed E-state index contributed by atoms with van der Waals surface area (Å²) >= 11 is 0. The number of hydrogen-bond acceptors (Lipinski definition) is 5. The summed E-state index contributed by atoms with van der Waals surface area (Å²) in [5.41, 5.74) is 2.28. The average molecular weight is 277 g/mol. The van der Waals surface area contributed by atoms with Crippen LogP contribution in [0.2, 0.25) is 0 Å². The molecule has 1 aliphatic heterocycles. The van der Waals surface area contributed by atoms with Crippen LogP contribution in [0.25, 0.3) is 0 Å². The van der Waals surface area contributed by atoms with Crippen LogP contribution >= 0.6 is 0 Å². The van der Waals surface area contributed by atoms with E-state index in [-0.39, 0.29) is 0 Å². The Kier molecular flexibility index (Phi) is 5.31. The van der Waals surface area contributed by atoms with Crippen molar-refractivity contribution in [2.75, 3.05) is 38.6 Å². The van der Waals surface area contributed by atoms with Gasteiger partial charge in [0.25, 0.3) is 0 Å². The monoisotopic (exact) mass is 277 g/mol. The van der Waals surface area contributed by atoms with Gasteiger partial charge in [0.05, 0.1) is 0 Å². The molecule has 2 heterocycles. The van der Waals surface area contributed by atoms with Gasteiger partial charge in [-0.2, -0.15) is 0 Å². The lowest BCUT2D eigenvalue weighted by Gasteiger charge is -2.36. The number of aromatic nitrogens is 2. The van der Waals surface area contributed by atoms with E-state index in [9.17, 15) is 0 Å². The highest BCUT2D eigenvalue weighted by atomic mass is 15.3. The van der Waals surface area contributed by atoms with Crippen molar-refractivity contribution in [1.29, 1.82) is 0 Å². The Hall–Kier alpha value is -1.20. The second kappa shape index (κ2) is 6.99. The summed E-state index contributed by atoms with van der Waals surface area (Å²) in [6.45, 7) is 8.10. The second-order valence-corrected chi connectivity index (χ2v) is 5.77. The van der Waals surface area contributed by atoms with Gasteiger partial charge in [-0.1, -0.05) is 6.92 Å². The van der Waals surface area contributed by atoms with Crippen LogP contribution in [-0.2, 0) is 6.54 Å². The van der Waals surface area contributed by atoms with Crippen LogP contribution in [-0.4, -0.2) is 54.6 Å². The third-order valence-electron chi connectivity index (χ3n) is 4.04. The molecule has 0 radical (unpaired) electrons. The molecule has 1 unspecified atom stereocenters. The molecule has 1 aromatic rings. The van der Waals surface area contributed by atoms with Gasteiger partial charge in [-0.15, -0.1) is 0 Å². The van der Waals surface area contributed by atoms with Crippen molar-refractivity contribution in [1.82, 2.24) is 20.2 Å². The predicted octanol–water partition coefficient (Wildman–Crippen LogP) is 1.42. The minimum absolute atomic E-state index is 0.606. The van der Waals surface area contributed by atoms with Gasteiger partial charge in [0.15, 0.2) is 0 Å². The number of rotatable bonds is 5. The molecule has 0 aliphatic carbocycles. The Bertz CT molecular complexity index is 432. The third-order valence-corrected chi connectivity index (χ3v) is 4.04. The molecule has 5 heteroatoms. The van der Waals surface area contributed by atoms with Gasteiger partial charge in [0.2, 0.25) is 5.95 Å². The molecule has 0 bridgehead atoms. The fraction of sp³-hybridized carbons (Fsp3) is 0.733. The summed E-state index contributed by atoms with van der Waals surface area (Å²) < 4.78 is 0. The Morgan fingerprint density at radius 3 is 2.90 bits per heavy atom. The second-order valence-electron chi connectivity index (χ2n) is 5.77.